The van der Waals surface area contributed by atoms with Crippen LogP contribution in [-0.2, 0) is 4.79 Å². The van der Waals surface area contributed by atoms with Crippen LogP contribution in [0.25, 0.3) is 0 Å². The Kier molecular flexibility index (Phi) is 9.95. The number of aliphatic imine (C=N–C) groups is 1. The topological polar surface area (TPSA) is 60.0 Å². The van der Waals surface area contributed by atoms with Gasteiger partial charge in [-0.2, -0.15) is 0 Å². The lowest BCUT2D eigenvalue weighted by molar-refractivity contribution is -0.121. The summed E-state index contributed by atoms with van der Waals surface area (Å²) in [7, 11) is 4.00. The molecule has 156 valence electrons. The SMILES string of the molecule is CCNC(=NCCCN(C)C1CCCCC1)N1CCC(CC(=O)NC)CC1. The van der Waals surface area contributed by atoms with Crippen molar-refractivity contribution in [2.75, 3.05) is 46.8 Å². The molecule has 1 aliphatic heterocycles. The first kappa shape index (κ1) is 22.0. The monoisotopic (exact) mass is 379 g/mol. The molecule has 1 saturated carbocycles. The zero-order valence-electron chi connectivity index (χ0n) is 17.8. The molecular weight excluding hydrogens is 338 g/mol. The van der Waals surface area contributed by atoms with E-state index in [2.05, 4.69) is 34.4 Å². The molecule has 0 bridgehead atoms. The summed E-state index contributed by atoms with van der Waals surface area (Å²) in [6, 6.07) is 0.787. The van der Waals surface area contributed by atoms with Gasteiger partial charge in [0.05, 0.1) is 0 Å². The van der Waals surface area contributed by atoms with Gasteiger partial charge in [-0.1, -0.05) is 19.3 Å². The molecule has 6 nitrogen and oxygen atoms in total. The number of hydrogen-bond acceptors (Lipinski definition) is 3. The van der Waals surface area contributed by atoms with Crippen molar-refractivity contribution >= 4 is 11.9 Å². The number of piperidine rings is 1. The van der Waals surface area contributed by atoms with E-state index in [9.17, 15) is 4.79 Å². The molecule has 6 heteroatoms. The highest BCUT2D eigenvalue weighted by Gasteiger charge is 2.23. The van der Waals surface area contributed by atoms with Crippen LogP contribution < -0.4 is 10.6 Å². The van der Waals surface area contributed by atoms with E-state index in [1.165, 1.54) is 32.1 Å². The van der Waals surface area contributed by atoms with Crippen molar-refractivity contribution in [3.05, 3.63) is 0 Å². The third-order valence-corrected chi connectivity index (χ3v) is 6.13. The lowest BCUT2D eigenvalue weighted by Crippen LogP contribution is -2.46. The maximum atomic E-state index is 11.6. The molecule has 0 unspecified atom stereocenters. The van der Waals surface area contributed by atoms with Crippen LogP contribution in [0.4, 0.5) is 0 Å². The van der Waals surface area contributed by atoms with Gasteiger partial charge in [0.2, 0.25) is 5.91 Å². The summed E-state index contributed by atoms with van der Waals surface area (Å²) in [4.78, 5) is 21.4. The van der Waals surface area contributed by atoms with Crippen LogP contribution in [0.1, 0.15) is 64.7 Å². The fourth-order valence-corrected chi connectivity index (χ4v) is 4.35. The number of nitrogens with one attached hydrogen (secondary N) is 2. The molecule has 2 aliphatic rings. The summed E-state index contributed by atoms with van der Waals surface area (Å²) in [5, 5.41) is 6.19. The molecule has 2 rings (SSSR count). The molecule has 2 N–H and O–H groups in total. The number of carbonyl (C=O) groups is 1. The quantitative estimate of drug-likeness (QED) is 0.386. The maximum absolute atomic E-state index is 11.6. The maximum Gasteiger partial charge on any atom is 0.220 e. The van der Waals surface area contributed by atoms with Crippen molar-refractivity contribution in [1.82, 2.24) is 20.4 Å². The summed E-state index contributed by atoms with van der Waals surface area (Å²) in [6.45, 7) is 7.05. The van der Waals surface area contributed by atoms with E-state index >= 15 is 0 Å². The first-order valence-corrected chi connectivity index (χ1v) is 11.1. The van der Waals surface area contributed by atoms with E-state index in [1.807, 2.05) is 0 Å². The molecule has 2 fully saturated rings. The van der Waals surface area contributed by atoms with Crippen molar-refractivity contribution in [3.8, 4) is 0 Å². The highest BCUT2D eigenvalue weighted by Crippen LogP contribution is 2.22. The van der Waals surface area contributed by atoms with E-state index in [0.29, 0.717) is 12.3 Å². The van der Waals surface area contributed by atoms with Crippen molar-refractivity contribution in [1.29, 1.82) is 0 Å². The third kappa shape index (κ3) is 7.68. The number of carbonyl (C=O) groups excluding carboxylic acids is 1. The smallest absolute Gasteiger partial charge is 0.220 e. The van der Waals surface area contributed by atoms with Gasteiger partial charge >= 0.3 is 0 Å². The van der Waals surface area contributed by atoms with E-state index in [0.717, 1.165) is 64.0 Å². The molecule has 1 amide bonds. The average molecular weight is 380 g/mol. The minimum absolute atomic E-state index is 0.163. The molecule has 27 heavy (non-hydrogen) atoms. The van der Waals surface area contributed by atoms with Crippen molar-refractivity contribution in [3.63, 3.8) is 0 Å². The predicted octanol–water partition coefficient (Wildman–Crippen LogP) is 2.45. The Morgan fingerprint density at radius 3 is 2.48 bits per heavy atom. The third-order valence-electron chi connectivity index (χ3n) is 6.13. The standard InChI is InChI=1S/C21H41N5O/c1-4-23-21(26-15-11-18(12-16-26)17-20(27)22-2)24-13-8-14-25(3)19-9-6-5-7-10-19/h18-19H,4-17H2,1-3H3,(H,22,27)(H,23,24). The van der Waals surface area contributed by atoms with Crippen LogP contribution in [0.5, 0.6) is 0 Å². The van der Waals surface area contributed by atoms with Gasteiger partial charge in [0.1, 0.15) is 0 Å². The molecule has 0 radical (unpaired) electrons. The minimum atomic E-state index is 0.163. The first-order valence-electron chi connectivity index (χ1n) is 11.1. The number of nitrogens with zero attached hydrogens (tertiary/aromatic N) is 3. The van der Waals surface area contributed by atoms with E-state index < -0.39 is 0 Å². The van der Waals surface area contributed by atoms with Crippen LogP contribution in [0.15, 0.2) is 4.99 Å². The number of hydrogen-bond donors (Lipinski definition) is 2. The van der Waals surface area contributed by atoms with Gasteiger partial charge in [0.25, 0.3) is 0 Å². The molecule has 1 aliphatic carbocycles. The Morgan fingerprint density at radius 1 is 1.15 bits per heavy atom. The Balaban J connectivity index is 1.73. The second-order valence-electron chi connectivity index (χ2n) is 8.17. The largest absolute Gasteiger partial charge is 0.359 e. The summed E-state index contributed by atoms with van der Waals surface area (Å²) in [5.41, 5.74) is 0. The van der Waals surface area contributed by atoms with Gasteiger partial charge in [0, 0.05) is 45.7 Å². The number of rotatable bonds is 8. The van der Waals surface area contributed by atoms with Gasteiger partial charge in [0.15, 0.2) is 5.96 Å². The summed E-state index contributed by atoms with van der Waals surface area (Å²) < 4.78 is 0. The number of likely N-dealkylation sites (tertiary alicyclic amines) is 1. The fourth-order valence-electron chi connectivity index (χ4n) is 4.35. The molecule has 1 saturated heterocycles. The van der Waals surface area contributed by atoms with Crippen LogP contribution in [0.3, 0.4) is 0 Å². The van der Waals surface area contributed by atoms with Crippen LogP contribution in [0.2, 0.25) is 0 Å². The Morgan fingerprint density at radius 2 is 1.85 bits per heavy atom. The Labute approximate surface area is 166 Å². The summed E-state index contributed by atoms with van der Waals surface area (Å²) in [6.07, 6.45) is 10.9. The zero-order valence-corrected chi connectivity index (χ0v) is 17.8. The van der Waals surface area contributed by atoms with E-state index in [4.69, 9.17) is 4.99 Å². The van der Waals surface area contributed by atoms with Gasteiger partial charge in [-0.25, -0.2) is 0 Å². The summed E-state index contributed by atoms with van der Waals surface area (Å²) in [5.74, 6) is 1.72. The Hall–Kier alpha value is -1.30. The Bertz CT molecular complexity index is 453. The average Bonchev–Trinajstić information content (AvgIpc) is 2.71. The first-order chi connectivity index (χ1) is 13.1. The zero-order chi connectivity index (χ0) is 19.5. The molecule has 1 heterocycles. The second-order valence-corrected chi connectivity index (χ2v) is 8.17. The van der Waals surface area contributed by atoms with Gasteiger partial charge in [-0.05, 0) is 58.5 Å². The predicted molar refractivity (Wildman–Crippen MR) is 113 cm³/mol. The minimum Gasteiger partial charge on any atom is -0.359 e. The molecule has 0 spiro atoms. The van der Waals surface area contributed by atoms with Crippen LogP contribution in [-0.4, -0.2) is 74.5 Å². The van der Waals surface area contributed by atoms with Crippen molar-refractivity contribution in [2.45, 2.75) is 70.8 Å². The molecule has 0 atom stereocenters. The van der Waals surface area contributed by atoms with Crippen molar-refractivity contribution in [2.24, 2.45) is 10.9 Å². The second kappa shape index (κ2) is 12.2. The van der Waals surface area contributed by atoms with Gasteiger partial charge in [-0.15, -0.1) is 0 Å². The number of amides is 1. The number of guanidine groups is 1. The molecule has 0 aromatic rings. The normalized spacial score (nSPS) is 20.1. The lowest BCUT2D eigenvalue weighted by atomic mass is 9.93. The summed E-state index contributed by atoms with van der Waals surface area (Å²) >= 11 is 0. The molecular formula is C21H41N5O. The van der Waals surface area contributed by atoms with Gasteiger partial charge in [-0.3, -0.25) is 9.79 Å². The highest BCUT2D eigenvalue weighted by molar-refractivity contribution is 5.80. The van der Waals surface area contributed by atoms with E-state index in [1.54, 1.807) is 7.05 Å². The van der Waals surface area contributed by atoms with Crippen LogP contribution >= 0.6 is 0 Å². The fraction of sp³-hybridized carbons (Fsp3) is 0.905. The highest BCUT2D eigenvalue weighted by atomic mass is 16.1. The lowest BCUT2D eigenvalue weighted by Gasteiger charge is -2.34. The molecule has 0 aromatic carbocycles. The molecule has 0 aromatic heterocycles. The van der Waals surface area contributed by atoms with Gasteiger partial charge < -0.3 is 20.4 Å². The van der Waals surface area contributed by atoms with E-state index in [-0.39, 0.29) is 5.91 Å². The van der Waals surface area contributed by atoms with Crippen molar-refractivity contribution < 1.29 is 4.79 Å². The van der Waals surface area contributed by atoms with Crippen LogP contribution in [0, 0.1) is 5.92 Å².